The lowest BCUT2D eigenvalue weighted by Gasteiger charge is -2.44. The minimum Gasteiger partial charge on any atom is -0.487 e. The van der Waals surface area contributed by atoms with Crippen molar-refractivity contribution in [3.05, 3.63) is 45.9 Å². The fraction of sp³-hybridized carbons (Fsp3) is 0.444. The molecule has 5 heteroatoms. The van der Waals surface area contributed by atoms with Gasteiger partial charge in [0.2, 0.25) is 0 Å². The summed E-state index contributed by atoms with van der Waals surface area (Å²) in [6.07, 6.45) is 3.91. The summed E-state index contributed by atoms with van der Waals surface area (Å²) in [6.45, 7) is 3.43. The van der Waals surface area contributed by atoms with Gasteiger partial charge < -0.3 is 9.64 Å². The molecule has 0 aliphatic carbocycles. The Kier molecular flexibility index (Phi) is 3.60. The Morgan fingerprint density at radius 3 is 2.78 bits per heavy atom. The normalized spacial score (nSPS) is 19.3. The number of nitrogens with zero attached hydrogens (tertiary/aromatic N) is 2. The van der Waals surface area contributed by atoms with Gasteiger partial charge in [-0.05, 0) is 31.4 Å². The molecule has 4 nitrogen and oxygen atoms in total. The van der Waals surface area contributed by atoms with Crippen LogP contribution < -0.4 is 4.74 Å². The average Bonchev–Trinajstić information content (AvgIpc) is 3.01. The van der Waals surface area contributed by atoms with Gasteiger partial charge in [-0.25, -0.2) is 4.98 Å². The van der Waals surface area contributed by atoms with E-state index < -0.39 is 0 Å². The maximum atomic E-state index is 12.5. The van der Waals surface area contributed by atoms with E-state index in [4.69, 9.17) is 4.74 Å². The molecule has 0 bridgehead atoms. The maximum Gasteiger partial charge on any atom is 0.273 e. The van der Waals surface area contributed by atoms with Crippen LogP contribution in [-0.4, -0.2) is 34.5 Å². The Hall–Kier alpha value is -1.88. The summed E-state index contributed by atoms with van der Waals surface area (Å²) in [4.78, 5) is 18.7. The number of likely N-dealkylation sites (tertiary alicyclic amines) is 1. The number of piperidine rings is 1. The predicted octanol–water partition coefficient (Wildman–Crippen LogP) is 3.45. The van der Waals surface area contributed by atoms with Gasteiger partial charge in [-0.1, -0.05) is 18.2 Å². The highest BCUT2D eigenvalue weighted by Gasteiger charge is 2.40. The summed E-state index contributed by atoms with van der Waals surface area (Å²) in [5.41, 5.74) is 1.79. The quantitative estimate of drug-likeness (QED) is 0.805. The van der Waals surface area contributed by atoms with Crippen molar-refractivity contribution in [3.63, 3.8) is 0 Å². The van der Waals surface area contributed by atoms with Crippen LogP contribution in [0.25, 0.3) is 0 Å². The standard InChI is InChI=1S/C18H20N2O2S/c1-13-19-15(12-23-13)17(21)20-10-8-18(9-11-20)7-6-14-4-2-3-5-16(14)22-18/h2-5,12H,6-11H2,1H3. The first-order valence-electron chi connectivity index (χ1n) is 8.14. The van der Waals surface area contributed by atoms with E-state index in [1.807, 2.05) is 23.3 Å². The third-order valence-electron chi connectivity index (χ3n) is 4.95. The van der Waals surface area contributed by atoms with Crippen LogP contribution in [0.1, 0.15) is 40.3 Å². The van der Waals surface area contributed by atoms with Crippen LogP contribution in [-0.2, 0) is 6.42 Å². The second-order valence-electron chi connectivity index (χ2n) is 6.44. The molecule has 0 atom stereocenters. The van der Waals surface area contributed by atoms with Gasteiger partial charge in [0.15, 0.2) is 0 Å². The molecule has 3 heterocycles. The number of hydrogen-bond donors (Lipinski definition) is 0. The molecule has 1 fully saturated rings. The molecule has 1 aromatic carbocycles. The Balaban J connectivity index is 1.44. The third kappa shape index (κ3) is 2.74. The largest absolute Gasteiger partial charge is 0.487 e. The number of para-hydroxylation sites is 1. The van der Waals surface area contributed by atoms with E-state index in [1.54, 1.807) is 0 Å². The molecule has 0 unspecified atom stereocenters. The first-order chi connectivity index (χ1) is 11.2. The van der Waals surface area contributed by atoms with Crippen molar-refractivity contribution in [1.29, 1.82) is 0 Å². The van der Waals surface area contributed by atoms with Crippen molar-refractivity contribution in [1.82, 2.24) is 9.88 Å². The van der Waals surface area contributed by atoms with Crippen molar-refractivity contribution < 1.29 is 9.53 Å². The molecule has 23 heavy (non-hydrogen) atoms. The van der Waals surface area contributed by atoms with Crippen molar-refractivity contribution in [2.75, 3.05) is 13.1 Å². The zero-order chi connectivity index (χ0) is 15.9. The fourth-order valence-corrected chi connectivity index (χ4v) is 4.14. The van der Waals surface area contributed by atoms with Gasteiger partial charge >= 0.3 is 0 Å². The number of thiazole rings is 1. The maximum absolute atomic E-state index is 12.5. The molecule has 1 spiro atoms. The smallest absolute Gasteiger partial charge is 0.273 e. The molecular formula is C18H20N2O2S. The Labute approximate surface area is 140 Å². The van der Waals surface area contributed by atoms with Crippen LogP contribution >= 0.6 is 11.3 Å². The summed E-state index contributed by atoms with van der Waals surface area (Å²) < 4.78 is 6.35. The number of aromatic nitrogens is 1. The second kappa shape index (κ2) is 5.64. The van der Waals surface area contributed by atoms with Crippen molar-refractivity contribution >= 4 is 17.2 Å². The highest BCUT2D eigenvalue weighted by molar-refractivity contribution is 7.09. The van der Waals surface area contributed by atoms with Crippen LogP contribution in [0.15, 0.2) is 29.6 Å². The molecule has 0 N–H and O–H groups in total. The lowest BCUT2D eigenvalue weighted by atomic mass is 9.83. The number of rotatable bonds is 1. The van der Waals surface area contributed by atoms with Crippen molar-refractivity contribution in [2.24, 2.45) is 0 Å². The molecule has 2 aliphatic heterocycles. The van der Waals surface area contributed by atoms with E-state index in [0.717, 1.165) is 49.5 Å². The van der Waals surface area contributed by atoms with E-state index in [1.165, 1.54) is 16.9 Å². The molecule has 1 saturated heterocycles. The lowest BCUT2D eigenvalue weighted by molar-refractivity contribution is -0.0108. The third-order valence-corrected chi connectivity index (χ3v) is 5.72. The zero-order valence-corrected chi connectivity index (χ0v) is 14.1. The zero-order valence-electron chi connectivity index (χ0n) is 13.2. The fourth-order valence-electron chi connectivity index (χ4n) is 3.55. The van der Waals surface area contributed by atoms with Crippen LogP contribution in [0.5, 0.6) is 5.75 Å². The van der Waals surface area contributed by atoms with E-state index in [-0.39, 0.29) is 11.5 Å². The van der Waals surface area contributed by atoms with E-state index in [2.05, 4.69) is 23.2 Å². The Bertz CT molecular complexity index is 732. The minimum absolute atomic E-state index is 0.0559. The SMILES string of the molecule is Cc1nc(C(=O)N2CCC3(CCc4ccccc4O3)CC2)cs1. The van der Waals surface area contributed by atoms with Gasteiger partial charge in [0.25, 0.3) is 5.91 Å². The topological polar surface area (TPSA) is 42.4 Å². The summed E-state index contributed by atoms with van der Waals surface area (Å²) in [7, 11) is 0. The van der Waals surface area contributed by atoms with Gasteiger partial charge in [0.05, 0.1) is 5.01 Å². The molecule has 1 aromatic heterocycles. The first kappa shape index (κ1) is 14.7. The average molecular weight is 328 g/mol. The molecule has 1 amide bonds. The summed E-state index contributed by atoms with van der Waals surface area (Å²) in [6, 6.07) is 8.30. The van der Waals surface area contributed by atoms with Gasteiger partial charge in [-0.15, -0.1) is 11.3 Å². The van der Waals surface area contributed by atoms with Gasteiger partial charge in [0.1, 0.15) is 17.0 Å². The second-order valence-corrected chi connectivity index (χ2v) is 7.50. The molecule has 2 aromatic rings. The molecule has 0 radical (unpaired) electrons. The Morgan fingerprint density at radius 1 is 1.26 bits per heavy atom. The van der Waals surface area contributed by atoms with E-state index >= 15 is 0 Å². The van der Waals surface area contributed by atoms with E-state index in [9.17, 15) is 4.79 Å². The number of amides is 1. The monoisotopic (exact) mass is 328 g/mol. The molecule has 120 valence electrons. The van der Waals surface area contributed by atoms with Gasteiger partial charge in [-0.3, -0.25) is 4.79 Å². The number of ether oxygens (including phenoxy) is 1. The minimum atomic E-state index is -0.0941. The van der Waals surface area contributed by atoms with Crippen molar-refractivity contribution in [2.45, 2.75) is 38.2 Å². The van der Waals surface area contributed by atoms with Crippen molar-refractivity contribution in [3.8, 4) is 5.75 Å². The van der Waals surface area contributed by atoms with Crippen LogP contribution in [0.3, 0.4) is 0 Å². The highest BCUT2D eigenvalue weighted by Crippen LogP contribution is 2.39. The summed E-state index contributed by atoms with van der Waals surface area (Å²) >= 11 is 1.53. The van der Waals surface area contributed by atoms with Crippen LogP contribution in [0, 0.1) is 6.92 Å². The lowest BCUT2D eigenvalue weighted by Crippen LogP contribution is -2.51. The number of aryl methyl sites for hydroxylation is 2. The van der Waals surface area contributed by atoms with E-state index in [0.29, 0.717) is 5.69 Å². The number of carbonyl (C=O) groups is 1. The summed E-state index contributed by atoms with van der Waals surface area (Å²) in [5.74, 6) is 1.08. The number of fused-ring (bicyclic) bond motifs is 1. The predicted molar refractivity (Wildman–Crippen MR) is 90.1 cm³/mol. The molecular weight excluding hydrogens is 308 g/mol. The summed E-state index contributed by atoms with van der Waals surface area (Å²) in [5, 5.41) is 2.80. The first-order valence-corrected chi connectivity index (χ1v) is 9.02. The Morgan fingerprint density at radius 2 is 2.04 bits per heavy atom. The van der Waals surface area contributed by atoms with Gasteiger partial charge in [-0.2, -0.15) is 0 Å². The number of hydrogen-bond acceptors (Lipinski definition) is 4. The highest BCUT2D eigenvalue weighted by atomic mass is 32.1. The molecule has 0 saturated carbocycles. The molecule has 2 aliphatic rings. The number of carbonyl (C=O) groups excluding carboxylic acids is 1. The molecule has 4 rings (SSSR count). The van der Waals surface area contributed by atoms with Gasteiger partial charge in [0, 0.05) is 31.3 Å². The van der Waals surface area contributed by atoms with Crippen LogP contribution in [0.4, 0.5) is 0 Å². The number of benzene rings is 1. The van der Waals surface area contributed by atoms with Crippen LogP contribution in [0.2, 0.25) is 0 Å².